The van der Waals surface area contributed by atoms with Crippen LogP contribution in [0.4, 0.5) is 0 Å². The second kappa shape index (κ2) is 4.34. The molecule has 0 aromatic heterocycles. The number of rotatable bonds is 1. The summed E-state index contributed by atoms with van der Waals surface area (Å²) in [5, 5.41) is 0. The Morgan fingerprint density at radius 2 is 2.27 bits per heavy atom. The molecular weight excluding hydrogens is 190 g/mol. The lowest BCUT2D eigenvalue weighted by Crippen LogP contribution is -2.31. The Kier molecular flexibility index (Phi) is 2.90. The molecule has 1 aromatic carbocycles. The Balaban J connectivity index is 2.21. The number of carbonyl (C=O) groups excluding carboxylic acids is 1. The van der Waals surface area contributed by atoms with E-state index in [-0.39, 0.29) is 5.91 Å². The van der Waals surface area contributed by atoms with Crippen molar-refractivity contribution in [3.8, 4) is 5.75 Å². The van der Waals surface area contributed by atoms with Crippen molar-refractivity contribution >= 4 is 5.91 Å². The number of hydrogen-bond donors (Lipinski definition) is 0. The zero-order valence-corrected chi connectivity index (χ0v) is 8.90. The zero-order valence-electron chi connectivity index (χ0n) is 8.90. The van der Waals surface area contributed by atoms with Crippen LogP contribution in [0, 0.1) is 0 Å². The maximum atomic E-state index is 11.6. The Morgan fingerprint density at radius 3 is 3.07 bits per heavy atom. The van der Waals surface area contributed by atoms with Crippen molar-refractivity contribution < 1.29 is 9.53 Å². The van der Waals surface area contributed by atoms with E-state index in [0.717, 1.165) is 11.3 Å². The molecule has 0 unspecified atom stereocenters. The summed E-state index contributed by atoms with van der Waals surface area (Å²) >= 11 is 0. The van der Waals surface area contributed by atoms with Crippen LogP contribution in [-0.2, 0) is 11.3 Å². The van der Waals surface area contributed by atoms with Gasteiger partial charge < -0.3 is 9.64 Å². The average molecular weight is 205 g/mol. The second-order valence-corrected chi connectivity index (χ2v) is 3.63. The molecule has 80 valence electrons. The quantitative estimate of drug-likeness (QED) is 0.700. The predicted octanol–water partition coefficient (Wildman–Crippen LogP) is 1.82. The first-order chi connectivity index (χ1) is 7.31. The van der Waals surface area contributed by atoms with Gasteiger partial charge in [-0.3, -0.25) is 4.79 Å². The molecule has 0 fully saturated rings. The number of amides is 1. The molecule has 3 heteroatoms. The van der Waals surface area contributed by atoms with Gasteiger partial charge in [0.15, 0.2) is 0 Å². The van der Waals surface area contributed by atoms with Gasteiger partial charge in [-0.15, -0.1) is 0 Å². The SMILES string of the molecule is CCC(=O)N1CCOc2ccccc2C1. The van der Waals surface area contributed by atoms with E-state index >= 15 is 0 Å². The second-order valence-electron chi connectivity index (χ2n) is 3.63. The highest BCUT2D eigenvalue weighted by Crippen LogP contribution is 2.22. The zero-order chi connectivity index (χ0) is 10.7. The molecule has 0 saturated heterocycles. The van der Waals surface area contributed by atoms with E-state index < -0.39 is 0 Å². The number of benzene rings is 1. The Labute approximate surface area is 89.7 Å². The lowest BCUT2D eigenvalue weighted by Gasteiger charge is -2.18. The minimum atomic E-state index is 0.190. The first-order valence-electron chi connectivity index (χ1n) is 5.29. The molecule has 1 heterocycles. The van der Waals surface area contributed by atoms with E-state index in [2.05, 4.69) is 0 Å². The molecule has 1 amide bonds. The van der Waals surface area contributed by atoms with Crippen molar-refractivity contribution in [1.82, 2.24) is 4.90 Å². The largest absolute Gasteiger partial charge is 0.491 e. The van der Waals surface area contributed by atoms with Crippen molar-refractivity contribution in [2.24, 2.45) is 0 Å². The number of carbonyl (C=O) groups is 1. The van der Waals surface area contributed by atoms with Crippen molar-refractivity contribution in [2.45, 2.75) is 19.9 Å². The summed E-state index contributed by atoms with van der Waals surface area (Å²) in [5.41, 5.74) is 1.09. The topological polar surface area (TPSA) is 29.5 Å². The maximum absolute atomic E-state index is 11.6. The summed E-state index contributed by atoms with van der Waals surface area (Å²) < 4.78 is 5.58. The van der Waals surface area contributed by atoms with Crippen LogP contribution < -0.4 is 4.74 Å². The lowest BCUT2D eigenvalue weighted by atomic mass is 10.2. The third kappa shape index (κ3) is 2.12. The van der Waals surface area contributed by atoms with Crippen molar-refractivity contribution in [3.63, 3.8) is 0 Å². The molecule has 0 spiro atoms. The van der Waals surface area contributed by atoms with E-state index in [9.17, 15) is 4.79 Å². The summed E-state index contributed by atoms with van der Waals surface area (Å²) in [6, 6.07) is 7.89. The van der Waals surface area contributed by atoms with E-state index in [1.54, 1.807) is 0 Å². The van der Waals surface area contributed by atoms with Crippen molar-refractivity contribution in [3.05, 3.63) is 29.8 Å². The Hall–Kier alpha value is -1.51. The van der Waals surface area contributed by atoms with E-state index in [4.69, 9.17) is 4.74 Å². The minimum Gasteiger partial charge on any atom is -0.491 e. The van der Waals surface area contributed by atoms with Crippen LogP contribution in [0.25, 0.3) is 0 Å². The molecule has 3 nitrogen and oxygen atoms in total. The van der Waals surface area contributed by atoms with Gasteiger partial charge in [0, 0.05) is 18.5 Å². The fraction of sp³-hybridized carbons (Fsp3) is 0.417. The normalized spacial score (nSPS) is 15.1. The van der Waals surface area contributed by atoms with E-state index in [1.165, 1.54) is 0 Å². The molecule has 0 N–H and O–H groups in total. The predicted molar refractivity (Wildman–Crippen MR) is 57.6 cm³/mol. The van der Waals surface area contributed by atoms with Gasteiger partial charge in [0.1, 0.15) is 12.4 Å². The molecule has 15 heavy (non-hydrogen) atoms. The van der Waals surface area contributed by atoms with Crippen LogP contribution in [-0.4, -0.2) is 24.0 Å². The highest BCUT2D eigenvalue weighted by atomic mass is 16.5. The monoisotopic (exact) mass is 205 g/mol. The molecule has 0 saturated carbocycles. The number of nitrogens with zero attached hydrogens (tertiary/aromatic N) is 1. The molecule has 0 atom stereocenters. The van der Waals surface area contributed by atoms with Gasteiger partial charge in [0.2, 0.25) is 5.91 Å². The number of para-hydroxylation sites is 1. The van der Waals surface area contributed by atoms with E-state index in [1.807, 2.05) is 36.1 Å². The van der Waals surface area contributed by atoms with Gasteiger partial charge in [-0.1, -0.05) is 25.1 Å². The third-order valence-electron chi connectivity index (χ3n) is 2.61. The van der Waals surface area contributed by atoms with Crippen LogP contribution >= 0.6 is 0 Å². The van der Waals surface area contributed by atoms with Crippen LogP contribution in [0.1, 0.15) is 18.9 Å². The van der Waals surface area contributed by atoms with Gasteiger partial charge in [0.05, 0.1) is 6.54 Å². The van der Waals surface area contributed by atoms with Crippen LogP contribution in [0.2, 0.25) is 0 Å². The lowest BCUT2D eigenvalue weighted by molar-refractivity contribution is -0.131. The number of ether oxygens (including phenoxy) is 1. The number of hydrogen-bond acceptors (Lipinski definition) is 2. The first kappa shape index (κ1) is 10.0. The van der Waals surface area contributed by atoms with Gasteiger partial charge in [-0.25, -0.2) is 0 Å². The smallest absolute Gasteiger partial charge is 0.222 e. The minimum absolute atomic E-state index is 0.190. The van der Waals surface area contributed by atoms with Crippen LogP contribution in [0.15, 0.2) is 24.3 Å². The molecule has 0 aliphatic carbocycles. The van der Waals surface area contributed by atoms with Gasteiger partial charge >= 0.3 is 0 Å². The summed E-state index contributed by atoms with van der Waals surface area (Å²) in [7, 11) is 0. The van der Waals surface area contributed by atoms with Gasteiger partial charge in [0.25, 0.3) is 0 Å². The van der Waals surface area contributed by atoms with Crippen molar-refractivity contribution in [1.29, 1.82) is 0 Å². The van der Waals surface area contributed by atoms with Crippen LogP contribution in [0.5, 0.6) is 5.75 Å². The molecule has 0 bridgehead atoms. The maximum Gasteiger partial charge on any atom is 0.222 e. The summed E-state index contributed by atoms with van der Waals surface area (Å²) in [6.07, 6.45) is 0.558. The molecule has 1 aliphatic rings. The highest BCUT2D eigenvalue weighted by molar-refractivity contribution is 5.76. The molecule has 1 aliphatic heterocycles. The third-order valence-corrected chi connectivity index (χ3v) is 2.61. The Morgan fingerprint density at radius 1 is 1.47 bits per heavy atom. The van der Waals surface area contributed by atoms with Crippen molar-refractivity contribution in [2.75, 3.05) is 13.2 Å². The standard InChI is InChI=1S/C12H15NO2/c1-2-12(14)13-7-8-15-11-6-4-3-5-10(11)9-13/h3-6H,2,7-9H2,1H3. The first-order valence-corrected chi connectivity index (χ1v) is 5.29. The summed E-state index contributed by atoms with van der Waals surface area (Å²) in [6.45, 7) is 3.83. The molecular formula is C12H15NO2. The fourth-order valence-electron chi connectivity index (χ4n) is 1.76. The molecule has 1 aromatic rings. The van der Waals surface area contributed by atoms with Gasteiger partial charge in [-0.05, 0) is 6.07 Å². The molecule has 2 rings (SSSR count). The van der Waals surface area contributed by atoms with Gasteiger partial charge in [-0.2, -0.15) is 0 Å². The number of fused-ring (bicyclic) bond motifs is 1. The average Bonchev–Trinajstić information content (AvgIpc) is 2.49. The van der Waals surface area contributed by atoms with E-state index in [0.29, 0.717) is 26.1 Å². The summed E-state index contributed by atoms with van der Waals surface area (Å²) in [4.78, 5) is 13.5. The summed E-state index contributed by atoms with van der Waals surface area (Å²) in [5.74, 6) is 1.10. The fourth-order valence-corrected chi connectivity index (χ4v) is 1.76. The molecule has 0 radical (unpaired) electrons. The highest BCUT2D eigenvalue weighted by Gasteiger charge is 2.17. The Bertz CT molecular complexity index is 362. The van der Waals surface area contributed by atoms with Crippen LogP contribution in [0.3, 0.4) is 0 Å².